The smallest absolute Gasteiger partial charge is 0.259 e. The number of unbranched alkanes of at least 4 members (excludes halogenated alkanes) is 1. The molecule has 0 saturated carbocycles. The van der Waals surface area contributed by atoms with E-state index in [0.29, 0.717) is 23.0 Å². The molecule has 44 heavy (non-hydrogen) atoms. The van der Waals surface area contributed by atoms with Gasteiger partial charge in [0.2, 0.25) is 0 Å². The summed E-state index contributed by atoms with van der Waals surface area (Å²) in [6.07, 6.45) is 18.5. The lowest BCUT2D eigenvalue weighted by atomic mass is 9.85. The molecule has 4 heteroatoms. The van der Waals surface area contributed by atoms with Crippen LogP contribution in [0.3, 0.4) is 0 Å². The normalized spacial score (nSPS) is 19.0. The summed E-state index contributed by atoms with van der Waals surface area (Å²) >= 11 is 0. The van der Waals surface area contributed by atoms with Crippen molar-refractivity contribution in [1.82, 2.24) is 5.32 Å². The third-order valence-electron chi connectivity index (χ3n) is 9.58. The number of fused-ring (bicyclic) bond motifs is 3. The number of anilines is 2. The molecule has 0 aromatic heterocycles. The number of imide groups is 1. The van der Waals surface area contributed by atoms with Crippen molar-refractivity contribution in [2.75, 3.05) is 4.90 Å². The second-order valence-electron chi connectivity index (χ2n) is 12.3. The monoisotopic (exact) mass is 578 g/mol. The van der Waals surface area contributed by atoms with Crippen molar-refractivity contribution in [3.63, 3.8) is 0 Å². The van der Waals surface area contributed by atoms with Crippen LogP contribution in [0.4, 0.5) is 11.4 Å². The molecule has 1 aliphatic carbocycles. The van der Waals surface area contributed by atoms with E-state index in [1.165, 1.54) is 29.8 Å². The van der Waals surface area contributed by atoms with Crippen molar-refractivity contribution in [1.29, 1.82) is 0 Å². The van der Waals surface area contributed by atoms with Crippen molar-refractivity contribution in [2.24, 2.45) is 5.92 Å². The van der Waals surface area contributed by atoms with Gasteiger partial charge in [-0.05, 0) is 70.3 Å². The Morgan fingerprint density at radius 1 is 0.864 bits per heavy atom. The number of nitrogens with zero attached hydrogens (tertiary/aromatic N) is 1. The van der Waals surface area contributed by atoms with Gasteiger partial charge in [-0.15, -0.1) is 0 Å². The Labute approximate surface area is 259 Å². The quantitative estimate of drug-likeness (QED) is 0.159. The topological polar surface area (TPSA) is 49.4 Å². The van der Waals surface area contributed by atoms with E-state index in [2.05, 4.69) is 127 Å². The molecule has 2 amide bonds. The first-order valence-corrected chi connectivity index (χ1v) is 16.0. The van der Waals surface area contributed by atoms with Gasteiger partial charge in [0.05, 0.1) is 11.6 Å². The maximum Gasteiger partial charge on any atom is 0.259 e. The molecule has 1 N–H and O–H groups in total. The molecule has 2 aliphatic heterocycles. The summed E-state index contributed by atoms with van der Waals surface area (Å²) in [5, 5.41) is 4.33. The highest BCUT2D eigenvalue weighted by Gasteiger charge is 2.37. The standard InChI is InChI=1S/C40H38N2O2/c1-3-5-10-26(4-2)23-30-20-19-29-24-28(25-34-37(29)38(30)40(44)41-39(34)43)16-15-27-17-21-31(22-18-27)42-35-13-8-6-11-32(35)33-12-7-9-14-36(33)42/h6-9,11-22,24-26,32,35H,3-5,10,23H2,1-2H3,(H,41,43,44)/b16-15+. The van der Waals surface area contributed by atoms with Gasteiger partial charge in [-0.1, -0.05) is 118 Å². The predicted molar refractivity (Wildman–Crippen MR) is 182 cm³/mol. The first-order valence-electron chi connectivity index (χ1n) is 16.0. The van der Waals surface area contributed by atoms with Crippen LogP contribution in [0.2, 0.25) is 0 Å². The molecule has 0 radical (unpaired) electrons. The molecule has 0 bridgehead atoms. The summed E-state index contributed by atoms with van der Waals surface area (Å²) in [7, 11) is 0. The van der Waals surface area contributed by atoms with E-state index in [9.17, 15) is 9.59 Å². The van der Waals surface area contributed by atoms with Crippen molar-refractivity contribution in [3.05, 3.63) is 130 Å². The highest BCUT2D eigenvalue weighted by Crippen LogP contribution is 2.47. The van der Waals surface area contributed by atoms with Crippen LogP contribution in [0.25, 0.3) is 22.9 Å². The van der Waals surface area contributed by atoms with Crippen LogP contribution in [0, 0.1) is 5.92 Å². The Morgan fingerprint density at radius 3 is 2.48 bits per heavy atom. The zero-order chi connectivity index (χ0) is 30.2. The molecule has 4 nitrogen and oxygen atoms in total. The number of allylic oxidation sites excluding steroid dienone is 2. The van der Waals surface area contributed by atoms with Gasteiger partial charge >= 0.3 is 0 Å². The van der Waals surface area contributed by atoms with Gasteiger partial charge in [0.25, 0.3) is 11.8 Å². The minimum atomic E-state index is -0.321. The third kappa shape index (κ3) is 4.98. The van der Waals surface area contributed by atoms with Crippen molar-refractivity contribution >= 4 is 46.1 Å². The summed E-state index contributed by atoms with van der Waals surface area (Å²) < 4.78 is 0. The van der Waals surface area contributed by atoms with E-state index in [1.807, 2.05) is 6.07 Å². The molecule has 3 aliphatic rings. The van der Waals surface area contributed by atoms with Gasteiger partial charge < -0.3 is 4.90 Å². The fraction of sp³-hybridized carbons (Fsp3) is 0.250. The first kappa shape index (κ1) is 28.1. The molecular formula is C40H38N2O2. The number of hydrogen-bond acceptors (Lipinski definition) is 3. The first-order chi connectivity index (χ1) is 21.6. The lowest BCUT2D eigenvalue weighted by molar-refractivity contribution is 0.0844. The number of amides is 2. The number of hydrogen-bond donors (Lipinski definition) is 1. The Bertz CT molecular complexity index is 1850. The Morgan fingerprint density at radius 2 is 1.66 bits per heavy atom. The number of carbonyl (C=O) groups is 2. The number of rotatable bonds is 9. The SMILES string of the molecule is CCCCC(CC)Cc1ccc2cc(/C=C/c3ccc(N4c5ccccc5C5C=CC=CC54)cc3)cc3c2c1C(=O)NC3=O. The molecular weight excluding hydrogens is 540 g/mol. The fourth-order valence-corrected chi connectivity index (χ4v) is 7.25. The zero-order valence-electron chi connectivity index (χ0n) is 25.4. The van der Waals surface area contributed by atoms with E-state index in [1.54, 1.807) is 0 Å². The van der Waals surface area contributed by atoms with Crippen LogP contribution in [0.1, 0.15) is 88.4 Å². The summed E-state index contributed by atoms with van der Waals surface area (Å²) in [6, 6.07) is 25.8. The van der Waals surface area contributed by atoms with E-state index in [4.69, 9.17) is 0 Å². The summed E-state index contributed by atoms with van der Waals surface area (Å²) in [5.41, 5.74) is 8.11. The zero-order valence-corrected chi connectivity index (χ0v) is 25.4. The van der Waals surface area contributed by atoms with Crippen molar-refractivity contribution in [2.45, 2.75) is 57.9 Å². The number of carbonyl (C=O) groups excluding carboxylic acids is 2. The summed E-state index contributed by atoms with van der Waals surface area (Å²) in [5.74, 6) is 0.299. The van der Waals surface area contributed by atoms with Gasteiger partial charge in [0, 0.05) is 28.2 Å². The molecule has 220 valence electrons. The third-order valence-corrected chi connectivity index (χ3v) is 9.58. The lowest BCUT2D eigenvalue weighted by Crippen LogP contribution is -2.35. The van der Waals surface area contributed by atoms with Gasteiger partial charge in [0.1, 0.15) is 0 Å². The molecule has 3 unspecified atom stereocenters. The van der Waals surface area contributed by atoms with Crippen LogP contribution in [0.15, 0.2) is 97.1 Å². The average molecular weight is 579 g/mol. The molecule has 4 aromatic carbocycles. The largest absolute Gasteiger partial charge is 0.333 e. The van der Waals surface area contributed by atoms with E-state index in [0.717, 1.165) is 46.7 Å². The van der Waals surface area contributed by atoms with Crippen LogP contribution in [-0.2, 0) is 6.42 Å². The molecule has 0 spiro atoms. The molecule has 4 aromatic rings. The van der Waals surface area contributed by atoms with E-state index < -0.39 is 0 Å². The second kappa shape index (κ2) is 11.8. The van der Waals surface area contributed by atoms with Gasteiger partial charge in [-0.3, -0.25) is 14.9 Å². The summed E-state index contributed by atoms with van der Waals surface area (Å²) in [6.45, 7) is 4.44. The van der Waals surface area contributed by atoms with E-state index in [-0.39, 0.29) is 17.9 Å². The van der Waals surface area contributed by atoms with E-state index >= 15 is 0 Å². The van der Waals surface area contributed by atoms with Gasteiger partial charge in [-0.25, -0.2) is 0 Å². The van der Waals surface area contributed by atoms with Crippen LogP contribution in [0.5, 0.6) is 0 Å². The van der Waals surface area contributed by atoms with Crippen molar-refractivity contribution in [3.8, 4) is 0 Å². The van der Waals surface area contributed by atoms with Gasteiger partial charge in [0.15, 0.2) is 0 Å². The molecule has 2 heterocycles. The van der Waals surface area contributed by atoms with Crippen LogP contribution in [-0.4, -0.2) is 17.9 Å². The second-order valence-corrected chi connectivity index (χ2v) is 12.3. The number of para-hydroxylation sites is 1. The molecule has 0 fully saturated rings. The molecule has 3 atom stereocenters. The fourth-order valence-electron chi connectivity index (χ4n) is 7.25. The molecule has 0 saturated heterocycles. The Hall–Kier alpha value is -4.70. The summed E-state index contributed by atoms with van der Waals surface area (Å²) in [4.78, 5) is 28.5. The average Bonchev–Trinajstić information content (AvgIpc) is 3.39. The Kier molecular flexibility index (Phi) is 7.51. The number of nitrogens with one attached hydrogen (secondary N) is 1. The lowest BCUT2D eigenvalue weighted by Gasteiger charge is -2.28. The maximum absolute atomic E-state index is 13.1. The minimum absolute atomic E-state index is 0.275. The maximum atomic E-state index is 13.1. The molecule has 7 rings (SSSR count). The van der Waals surface area contributed by atoms with Crippen LogP contribution >= 0.6 is 0 Å². The highest BCUT2D eigenvalue weighted by atomic mass is 16.2. The Balaban J connectivity index is 1.17. The minimum Gasteiger partial charge on any atom is -0.333 e. The van der Waals surface area contributed by atoms with Gasteiger partial charge in [-0.2, -0.15) is 0 Å². The predicted octanol–water partition coefficient (Wildman–Crippen LogP) is 9.38. The van der Waals surface area contributed by atoms with Crippen LogP contribution < -0.4 is 10.2 Å². The number of benzene rings is 4. The highest BCUT2D eigenvalue weighted by molar-refractivity contribution is 6.26. The van der Waals surface area contributed by atoms with Crippen molar-refractivity contribution < 1.29 is 9.59 Å².